The number of hydrogen-bond donors (Lipinski definition) is 1. The van der Waals surface area contributed by atoms with Gasteiger partial charge in [0.05, 0.1) is 21.9 Å². The fourth-order valence-electron chi connectivity index (χ4n) is 3.79. The number of amides is 1. The minimum atomic E-state index is -0.158. The molecule has 0 atom stereocenters. The van der Waals surface area contributed by atoms with Gasteiger partial charge >= 0.3 is 0 Å². The first kappa shape index (κ1) is 19.8. The molecule has 7 nitrogen and oxygen atoms in total. The van der Waals surface area contributed by atoms with Crippen molar-refractivity contribution in [1.29, 1.82) is 0 Å². The van der Waals surface area contributed by atoms with Gasteiger partial charge in [-0.3, -0.25) is 14.2 Å². The molecule has 0 saturated carbocycles. The summed E-state index contributed by atoms with van der Waals surface area (Å²) in [4.78, 5) is 34.4. The number of anilines is 1. The van der Waals surface area contributed by atoms with Crippen molar-refractivity contribution in [2.75, 3.05) is 5.32 Å². The Labute approximate surface area is 174 Å². The van der Waals surface area contributed by atoms with Gasteiger partial charge in [0.25, 0.3) is 5.56 Å². The second-order valence-electron chi connectivity index (χ2n) is 7.82. The number of aryl methyl sites for hydroxylation is 2. The molecule has 4 rings (SSSR count). The fourth-order valence-corrected chi connectivity index (χ4v) is 3.79. The summed E-state index contributed by atoms with van der Waals surface area (Å²) in [6, 6.07) is 13.0. The van der Waals surface area contributed by atoms with Crippen LogP contribution in [0.3, 0.4) is 0 Å². The van der Waals surface area contributed by atoms with Gasteiger partial charge in [0, 0.05) is 31.6 Å². The maximum atomic E-state index is 12.7. The molecule has 0 aliphatic heterocycles. The maximum Gasteiger partial charge on any atom is 0.261 e. The highest BCUT2D eigenvalue weighted by Crippen LogP contribution is 2.23. The zero-order valence-corrected chi connectivity index (χ0v) is 17.6. The molecule has 0 radical (unpaired) electrons. The van der Waals surface area contributed by atoms with Crippen LogP contribution in [0.1, 0.15) is 37.8 Å². The molecule has 30 heavy (non-hydrogen) atoms. The standard InChI is InChI=1S/C23H25N5O2/c1-14(2)22-26-19-13-16(9-10-20(19)27(22)4)25-21(29)11-12-28-15(3)24-18-8-6-5-7-17(18)23(28)30/h5-10,13-14H,11-12H2,1-4H3,(H,25,29). The van der Waals surface area contributed by atoms with Crippen molar-refractivity contribution in [2.45, 2.75) is 39.7 Å². The van der Waals surface area contributed by atoms with Crippen LogP contribution in [-0.4, -0.2) is 25.0 Å². The van der Waals surface area contributed by atoms with E-state index in [-0.39, 0.29) is 24.4 Å². The Morgan fingerprint density at radius 3 is 2.63 bits per heavy atom. The third-order valence-corrected chi connectivity index (χ3v) is 5.33. The summed E-state index contributed by atoms with van der Waals surface area (Å²) >= 11 is 0. The van der Waals surface area contributed by atoms with Gasteiger partial charge in [0.1, 0.15) is 11.6 Å². The lowest BCUT2D eigenvalue weighted by Crippen LogP contribution is -2.26. The largest absolute Gasteiger partial charge is 0.331 e. The van der Waals surface area contributed by atoms with Crippen molar-refractivity contribution in [3.05, 3.63) is 64.5 Å². The van der Waals surface area contributed by atoms with E-state index in [1.165, 1.54) is 0 Å². The van der Waals surface area contributed by atoms with Crippen LogP contribution >= 0.6 is 0 Å². The minimum Gasteiger partial charge on any atom is -0.331 e. The molecule has 154 valence electrons. The predicted molar refractivity (Wildman–Crippen MR) is 119 cm³/mol. The lowest BCUT2D eigenvalue weighted by atomic mass is 10.2. The highest BCUT2D eigenvalue weighted by molar-refractivity contribution is 5.93. The lowest BCUT2D eigenvalue weighted by molar-refractivity contribution is -0.116. The molecule has 0 saturated heterocycles. The number of nitrogens with one attached hydrogen (secondary N) is 1. The number of carbonyl (C=O) groups excluding carboxylic acids is 1. The molecule has 4 aromatic rings. The summed E-state index contributed by atoms with van der Waals surface area (Å²) in [5.41, 5.74) is 3.12. The third kappa shape index (κ3) is 3.58. The minimum absolute atomic E-state index is 0.123. The topological polar surface area (TPSA) is 81.8 Å². The number of imidazole rings is 1. The molecule has 2 aromatic carbocycles. The molecule has 0 aliphatic rings. The third-order valence-electron chi connectivity index (χ3n) is 5.33. The van der Waals surface area contributed by atoms with Gasteiger partial charge < -0.3 is 9.88 Å². The zero-order chi connectivity index (χ0) is 21.4. The first-order valence-electron chi connectivity index (χ1n) is 10.1. The molecule has 0 aliphatic carbocycles. The van der Waals surface area contributed by atoms with E-state index in [0.717, 1.165) is 16.9 Å². The summed E-state index contributed by atoms with van der Waals surface area (Å²) in [5, 5.41) is 3.47. The van der Waals surface area contributed by atoms with Crippen molar-refractivity contribution in [1.82, 2.24) is 19.1 Å². The SMILES string of the molecule is Cc1nc2ccccc2c(=O)n1CCC(=O)Nc1ccc2c(c1)nc(C(C)C)n2C. The quantitative estimate of drug-likeness (QED) is 0.550. The van der Waals surface area contributed by atoms with Crippen molar-refractivity contribution in [3.8, 4) is 0 Å². The van der Waals surface area contributed by atoms with Crippen molar-refractivity contribution >= 4 is 33.5 Å². The highest BCUT2D eigenvalue weighted by Gasteiger charge is 2.13. The molecule has 2 aromatic heterocycles. The monoisotopic (exact) mass is 403 g/mol. The highest BCUT2D eigenvalue weighted by atomic mass is 16.2. The average molecular weight is 403 g/mol. The molecule has 1 N–H and O–H groups in total. The average Bonchev–Trinajstić information content (AvgIpc) is 3.04. The Bertz CT molecular complexity index is 1320. The summed E-state index contributed by atoms with van der Waals surface area (Å²) in [6.45, 7) is 6.27. The van der Waals surface area contributed by atoms with E-state index in [1.807, 2.05) is 43.4 Å². The normalized spacial score (nSPS) is 11.5. The number of nitrogens with zero attached hydrogens (tertiary/aromatic N) is 4. The molecular formula is C23H25N5O2. The van der Waals surface area contributed by atoms with E-state index < -0.39 is 0 Å². The van der Waals surface area contributed by atoms with Crippen molar-refractivity contribution in [2.24, 2.45) is 7.05 Å². The van der Waals surface area contributed by atoms with Gasteiger partial charge in [0.15, 0.2) is 0 Å². The van der Waals surface area contributed by atoms with Crippen LogP contribution in [0.4, 0.5) is 5.69 Å². The second kappa shape index (κ2) is 7.74. The molecule has 7 heteroatoms. The van der Waals surface area contributed by atoms with Crippen LogP contribution in [0, 0.1) is 6.92 Å². The smallest absolute Gasteiger partial charge is 0.261 e. The predicted octanol–water partition coefficient (Wildman–Crippen LogP) is 3.74. The van der Waals surface area contributed by atoms with Gasteiger partial charge in [-0.2, -0.15) is 0 Å². The van der Waals surface area contributed by atoms with Crippen LogP contribution in [0.25, 0.3) is 21.9 Å². The van der Waals surface area contributed by atoms with Crippen LogP contribution in [0.15, 0.2) is 47.3 Å². The molecule has 2 heterocycles. The Balaban J connectivity index is 1.50. The van der Waals surface area contributed by atoms with Gasteiger partial charge in [-0.25, -0.2) is 9.97 Å². The first-order valence-corrected chi connectivity index (χ1v) is 10.1. The fraction of sp³-hybridized carbons (Fsp3) is 0.304. The molecule has 0 unspecified atom stereocenters. The van der Waals surface area contributed by atoms with E-state index in [1.54, 1.807) is 17.6 Å². The number of rotatable bonds is 5. The molecular weight excluding hydrogens is 378 g/mol. The number of fused-ring (bicyclic) bond motifs is 2. The summed E-state index contributed by atoms with van der Waals surface area (Å²) < 4.78 is 3.63. The molecule has 0 fully saturated rings. The zero-order valence-electron chi connectivity index (χ0n) is 17.6. The van der Waals surface area contributed by atoms with E-state index in [4.69, 9.17) is 0 Å². The Morgan fingerprint density at radius 2 is 1.87 bits per heavy atom. The number of aromatic nitrogens is 4. The van der Waals surface area contributed by atoms with Crippen LogP contribution in [0.2, 0.25) is 0 Å². The van der Waals surface area contributed by atoms with E-state index in [0.29, 0.717) is 28.3 Å². The Kier molecular flexibility index (Phi) is 5.11. The number of benzene rings is 2. The number of carbonyl (C=O) groups is 1. The Hall–Kier alpha value is -3.48. The maximum absolute atomic E-state index is 12.7. The lowest BCUT2D eigenvalue weighted by Gasteiger charge is -2.11. The van der Waals surface area contributed by atoms with E-state index >= 15 is 0 Å². The summed E-state index contributed by atoms with van der Waals surface area (Å²) in [5.74, 6) is 1.76. The molecule has 0 spiro atoms. The van der Waals surface area contributed by atoms with Crippen molar-refractivity contribution in [3.63, 3.8) is 0 Å². The molecule has 1 amide bonds. The molecule has 0 bridgehead atoms. The van der Waals surface area contributed by atoms with Crippen LogP contribution < -0.4 is 10.9 Å². The van der Waals surface area contributed by atoms with Gasteiger partial charge in [-0.05, 0) is 37.3 Å². The van der Waals surface area contributed by atoms with E-state index in [9.17, 15) is 9.59 Å². The van der Waals surface area contributed by atoms with E-state index in [2.05, 4.69) is 33.7 Å². The number of para-hydroxylation sites is 1. The first-order chi connectivity index (χ1) is 14.3. The van der Waals surface area contributed by atoms with Gasteiger partial charge in [0.2, 0.25) is 5.91 Å². The van der Waals surface area contributed by atoms with Crippen LogP contribution in [0.5, 0.6) is 0 Å². The summed E-state index contributed by atoms with van der Waals surface area (Å²) in [7, 11) is 2.00. The van der Waals surface area contributed by atoms with Crippen LogP contribution in [-0.2, 0) is 18.4 Å². The van der Waals surface area contributed by atoms with Gasteiger partial charge in [-0.15, -0.1) is 0 Å². The summed E-state index contributed by atoms with van der Waals surface area (Å²) in [6.07, 6.45) is 0.179. The van der Waals surface area contributed by atoms with Crippen molar-refractivity contribution < 1.29 is 4.79 Å². The van der Waals surface area contributed by atoms with Gasteiger partial charge in [-0.1, -0.05) is 26.0 Å². The second-order valence-corrected chi connectivity index (χ2v) is 7.82. The Morgan fingerprint density at radius 1 is 1.10 bits per heavy atom. The number of hydrogen-bond acceptors (Lipinski definition) is 4.